The summed E-state index contributed by atoms with van der Waals surface area (Å²) in [5.74, 6) is -0.354. The summed E-state index contributed by atoms with van der Waals surface area (Å²) in [6, 6.07) is 5.06. The highest BCUT2D eigenvalue weighted by Crippen LogP contribution is 2.38. The number of pyridine rings is 2. The summed E-state index contributed by atoms with van der Waals surface area (Å²) in [6.45, 7) is -0.958. The van der Waals surface area contributed by atoms with Crippen LogP contribution in [0.3, 0.4) is 0 Å². The molecule has 2 aliphatic rings. The fraction of sp³-hybridized carbons (Fsp3) is 0.308. The van der Waals surface area contributed by atoms with E-state index >= 15 is 0 Å². The number of carbonyl (C=O) groups excluding carboxylic acids is 1. The average Bonchev–Trinajstić information content (AvgIpc) is 3.56. The molecule has 6 rings (SSSR count). The summed E-state index contributed by atoms with van der Waals surface area (Å²) >= 11 is 0. The highest BCUT2D eigenvalue weighted by molar-refractivity contribution is 6.03. The van der Waals surface area contributed by atoms with Crippen molar-refractivity contribution >= 4 is 34.5 Å². The Morgan fingerprint density at radius 2 is 2.21 bits per heavy atom. The van der Waals surface area contributed by atoms with E-state index in [0.29, 0.717) is 39.8 Å². The highest BCUT2D eigenvalue weighted by Gasteiger charge is 2.37. The van der Waals surface area contributed by atoms with Crippen molar-refractivity contribution in [1.29, 1.82) is 0 Å². The van der Waals surface area contributed by atoms with Crippen LogP contribution < -0.4 is 11.2 Å². The van der Waals surface area contributed by atoms with Crippen LogP contribution in [0.2, 0.25) is 0 Å². The molecule has 0 fully saturated rings. The number of nitrogens with two attached hydrogens (primary N) is 1. The first-order chi connectivity index (χ1) is 19.4. The molecule has 3 aromatic heterocycles. The van der Waals surface area contributed by atoms with Gasteiger partial charge in [0.25, 0.3) is 5.91 Å². The lowest BCUT2D eigenvalue weighted by molar-refractivity contribution is -0.141. The molecule has 0 bridgehead atoms. The van der Waals surface area contributed by atoms with Crippen LogP contribution in [-0.4, -0.2) is 45.1 Å². The normalized spacial score (nSPS) is 20.2. The van der Waals surface area contributed by atoms with Crippen LogP contribution >= 0.6 is 0 Å². The summed E-state index contributed by atoms with van der Waals surface area (Å²) in [5.41, 5.74) is 10.5. The predicted octanol–water partition coefficient (Wildman–Crippen LogP) is 4.22. The molecule has 0 saturated carbocycles. The quantitative estimate of drug-likeness (QED) is 0.386. The average molecular weight is 527 g/mol. The molecule has 9 nitrogen and oxygen atoms in total. The number of amides is 1. The van der Waals surface area contributed by atoms with Crippen molar-refractivity contribution in [2.24, 2.45) is 4.99 Å². The Hall–Kier alpha value is -4.03. The van der Waals surface area contributed by atoms with Gasteiger partial charge in [0.05, 0.1) is 37.0 Å². The van der Waals surface area contributed by atoms with Gasteiger partial charge < -0.3 is 10.5 Å². The third kappa shape index (κ3) is 3.63. The van der Waals surface area contributed by atoms with Gasteiger partial charge in [0.2, 0.25) is 0 Å². The second-order valence-electron chi connectivity index (χ2n) is 9.16. The molecule has 0 spiro atoms. The van der Waals surface area contributed by atoms with E-state index in [0.717, 1.165) is 21.2 Å². The van der Waals surface area contributed by atoms with Crippen LogP contribution in [0.15, 0.2) is 41.7 Å². The van der Waals surface area contributed by atoms with Crippen LogP contribution in [0, 0.1) is 0 Å². The molecular weight excluding hydrogens is 499 g/mol. The summed E-state index contributed by atoms with van der Waals surface area (Å²) in [6.07, 6.45) is -0.337. The first-order valence-electron chi connectivity index (χ1n) is 13.4. The van der Waals surface area contributed by atoms with Gasteiger partial charge in [-0.1, -0.05) is 6.92 Å². The number of rotatable bonds is 4. The number of aliphatic imine (C=N–C) groups is 1. The van der Waals surface area contributed by atoms with Crippen molar-refractivity contribution in [3.05, 3.63) is 70.2 Å². The second-order valence-corrected chi connectivity index (χ2v) is 9.16. The zero-order valence-corrected chi connectivity index (χ0v) is 20.1. The number of hydrogen-bond acceptors (Lipinski definition) is 7. The third-order valence-corrected chi connectivity index (χ3v) is 7.09. The molecule has 0 aliphatic carbocycles. The number of nitrogen functional groups attached to an aromatic ring is 1. The molecule has 4 aromatic rings. The monoisotopic (exact) mass is 526 g/mol. The molecule has 1 amide bonds. The number of hydrazine groups is 1. The van der Waals surface area contributed by atoms with E-state index in [1.807, 2.05) is 6.92 Å². The van der Waals surface area contributed by atoms with Gasteiger partial charge in [-0.3, -0.25) is 19.2 Å². The van der Waals surface area contributed by atoms with Crippen molar-refractivity contribution in [2.75, 3.05) is 19.3 Å². The number of aromatic nitrogens is 3. The van der Waals surface area contributed by atoms with Crippen molar-refractivity contribution in [2.45, 2.75) is 38.2 Å². The van der Waals surface area contributed by atoms with E-state index in [-0.39, 0.29) is 30.5 Å². The van der Waals surface area contributed by atoms with Gasteiger partial charge in [0, 0.05) is 45.6 Å². The number of anilines is 1. The third-order valence-electron chi connectivity index (χ3n) is 7.09. The van der Waals surface area contributed by atoms with Crippen LogP contribution in [0.5, 0.6) is 0 Å². The lowest BCUT2D eigenvalue weighted by Crippen LogP contribution is -2.46. The number of halogens is 3. The number of imidazole rings is 1. The molecule has 3 N–H and O–H groups in total. The van der Waals surface area contributed by atoms with Gasteiger partial charge in [0.15, 0.2) is 0 Å². The minimum absolute atomic E-state index is 0.0105. The number of nitrogens with one attached hydrogen (secondary N) is 1. The van der Waals surface area contributed by atoms with E-state index < -0.39 is 30.8 Å². The molecular formula is C26H24F3N7O2. The zero-order chi connectivity index (χ0) is 29.3. The van der Waals surface area contributed by atoms with Gasteiger partial charge in [0.1, 0.15) is 17.2 Å². The maximum absolute atomic E-state index is 14.0. The maximum atomic E-state index is 14.0. The van der Waals surface area contributed by atoms with Gasteiger partial charge in [-0.2, -0.15) is 13.2 Å². The largest absolute Gasteiger partial charge is 0.433 e. The van der Waals surface area contributed by atoms with E-state index in [2.05, 4.69) is 20.4 Å². The summed E-state index contributed by atoms with van der Waals surface area (Å²) < 4.78 is 70.6. The van der Waals surface area contributed by atoms with Gasteiger partial charge in [-0.05, 0) is 41.8 Å². The van der Waals surface area contributed by atoms with Crippen molar-refractivity contribution in [1.82, 2.24) is 24.8 Å². The van der Waals surface area contributed by atoms with Crippen LogP contribution in [0.25, 0.3) is 16.6 Å². The highest BCUT2D eigenvalue weighted by atomic mass is 19.4. The molecule has 0 saturated heterocycles. The predicted molar refractivity (Wildman–Crippen MR) is 135 cm³/mol. The molecule has 12 heteroatoms. The molecule has 196 valence electrons. The molecule has 2 aliphatic heterocycles. The SMILES string of the molecule is [2H]C([2H])([2H])NN(C(=O)c1ccc2nc(N)c3c(c2c1)C(CC)N=C3)C1COCc2c1ccn1c(C(F)(F)F)cnc21. The van der Waals surface area contributed by atoms with Crippen LogP contribution in [0.1, 0.15) is 67.8 Å². The topological polar surface area (TPSA) is 110 Å². The van der Waals surface area contributed by atoms with Crippen molar-refractivity contribution < 1.29 is 26.8 Å². The lowest BCUT2D eigenvalue weighted by Gasteiger charge is -2.35. The second kappa shape index (κ2) is 8.77. The summed E-state index contributed by atoms with van der Waals surface area (Å²) in [5, 5.41) is 1.62. The molecule has 2 atom stereocenters. The molecule has 5 heterocycles. The van der Waals surface area contributed by atoms with E-state index in [1.165, 1.54) is 18.3 Å². The van der Waals surface area contributed by atoms with Crippen molar-refractivity contribution in [3.8, 4) is 0 Å². The zero-order valence-electron chi connectivity index (χ0n) is 23.1. The molecule has 38 heavy (non-hydrogen) atoms. The number of fused-ring (bicyclic) bond motifs is 6. The Balaban J connectivity index is 1.45. The Morgan fingerprint density at radius 1 is 1.37 bits per heavy atom. The minimum Gasteiger partial charge on any atom is -0.383 e. The van der Waals surface area contributed by atoms with E-state index in [9.17, 15) is 18.0 Å². The number of alkyl halides is 3. The standard InChI is InChI=1S/C26H24F3N7O2/c1-3-18-22-15-8-13(4-5-19(15)34-23(30)16(22)9-32-18)25(37)36(31-2)20-12-38-11-17-14(20)6-7-35-21(26(27,28)29)10-33-24(17)35/h4-10,18,20,31H,3,11-12H2,1-2H3,(H2,30,34)/i2D3. The summed E-state index contributed by atoms with van der Waals surface area (Å²) in [7, 11) is 0. The van der Waals surface area contributed by atoms with Gasteiger partial charge in [-0.25, -0.2) is 15.4 Å². The fourth-order valence-electron chi connectivity index (χ4n) is 5.27. The number of hydrogen-bond donors (Lipinski definition) is 2. The minimum atomic E-state index is -4.63. The fourth-order valence-corrected chi connectivity index (χ4v) is 5.27. The molecule has 0 radical (unpaired) electrons. The summed E-state index contributed by atoms with van der Waals surface area (Å²) in [4.78, 5) is 26.9. The van der Waals surface area contributed by atoms with Crippen LogP contribution in [-0.2, 0) is 17.5 Å². The molecule has 1 aromatic carbocycles. The van der Waals surface area contributed by atoms with E-state index in [1.54, 1.807) is 18.3 Å². The lowest BCUT2D eigenvalue weighted by atomic mass is 9.96. The number of benzene rings is 1. The smallest absolute Gasteiger partial charge is 0.383 e. The number of carbonyl (C=O) groups is 1. The molecule has 2 unspecified atom stereocenters. The van der Waals surface area contributed by atoms with Gasteiger partial charge in [-0.15, -0.1) is 0 Å². The number of ether oxygens (including phenoxy) is 1. The Bertz CT molecular complexity index is 1740. The van der Waals surface area contributed by atoms with E-state index in [4.69, 9.17) is 14.6 Å². The Labute approximate surface area is 219 Å². The first-order valence-corrected chi connectivity index (χ1v) is 11.9. The Kier molecular flexibility index (Phi) is 4.84. The first kappa shape index (κ1) is 21.0. The van der Waals surface area contributed by atoms with Crippen molar-refractivity contribution in [3.63, 3.8) is 0 Å². The van der Waals surface area contributed by atoms with Crippen LogP contribution in [0.4, 0.5) is 19.0 Å². The number of nitrogens with zero attached hydrogens (tertiary/aromatic N) is 5. The van der Waals surface area contributed by atoms with Gasteiger partial charge >= 0.3 is 6.18 Å². The maximum Gasteiger partial charge on any atom is 0.433 e. The Morgan fingerprint density at radius 3 is 2.97 bits per heavy atom.